The molecule has 26 nitrogen and oxygen atoms in total. The molecule has 2 fully saturated rings. The molecule has 6 atom stereocenters. The lowest BCUT2D eigenvalue weighted by molar-refractivity contribution is -0.146. The average Bonchev–Trinajstić information content (AvgIpc) is 1.78. The van der Waals surface area contributed by atoms with Gasteiger partial charge >= 0.3 is 18.2 Å². The van der Waals surface area contributed by atoms with Crippen LogP contribution in [0.5, 0.6) is 17.2 Å². The van der Waals surface area contributed by atoms with Crippen LogP contribution in [0.4, 0.5) is 21.0 Å². The zero-order valence-corrected chi connectivity index (χ0v) is 60.5. The fourth-order valence-electron chi connectivity index (χ4n) is 11.6. The van der Waals surface area contributed by atoms with Gasteiger partial charge in [-0.2, -0.15) is 0 Å². The number of esters is 1. The minimum Gasteiger partial charge on any atom is -0.493 e. The van der Waals surface area contributed by atoms with Crippen molar-refractivity contribution in [3.8, 4) is 17.2 Å². The molecular weight excluding hydrogens is 1330 g/mol. The van der Waals surface area contributed by atoms with Crippen LogP contribution in [0.2, 0.25) is 0 Å². The lowest BCUT2D eigenvalue weighted by atomic mass is 9.88. The fourth-order valence-corrected chi connectivity index (χ4v) is 11.6. The number of aryl methyl sites for hydroxylation is 1. The van der Waals surface area contributed by atoms with Crippen LogP contribution in [-0.4, -0.2) is 183 Å². The predicted octanol–water partition coefficient (Wildman–Crippen LogP) is 8.78. The smallest absolute Gasteiger partial charge is 0.411 e. The first-order chi connectivity index (χ1) is 49.2. The Morgan fingerprint density at radius 3 is 1.49 bits per heavy atom. The van der Waals surface area contributed by atoms with Crippen molar-refractivity contribution in [1.82, 2.24) is 20.4 Å². The number of amides is 6. The number of anilines is 2. The molecule has 2 unspecified atom stereocenters. The molecule has 2 saturated heterocycles. The summed E-state index contributed by atoms with van der Waals surface area (Å²) in [6.07, 6.45) is 0.610. The van der Waals surface area contributed by atoms with E-state index in [4.69, 9.17) is 37.9 Å². The molecule has 0 aliphatic carbocycles. The first-order valence-electron chi connectivity index (χ1n) is 34.5. The number of carbonyl (C=O) groups is 10. The number of ether oxygens (including phenoxy) is 8. The Morgan fingerprint density at radius 1 is 0.573 bits per heavy atom. The molecule has 4 aromatic carbocycles. The van der Waals surface area contributed by atoms with Crippen molar-refractivity contribution in [1.29, 1.82) is 0 Å². The molecule has 6 N–H and O–H groups in total. The Labute approximate surface area is 602 Å². The van der Waals surface area contributed by atoms with Crippen LogP contribution in [0.25, 0.3) is 0 Å². The number of nitrogens with one attached hydrogen (secondary N) is 4. The van der Waals surface area contributed by atoms with Gasteiger partial charge in [-0.15, -0.1) is 0 Å². The van der Waals surface area contributed by atoms with Crippen molar-refractivity contribution < 1.29 is 96.1 Å². The molecule has 0 radical (unpaired) electrons. The third-order valence-corrected chi connectivity index (χ3v) is 17.7. The van der Waals surface area contributed by atoms with Gasteiger partial charge in [0, 0.05) is 70.4 Å². The highest BCUT2D eigenvalue weighted by Gasteiger charge is 2.36. The highest BCUT2D eigenvalue weighted by Crippen LogP contribution is 2.37. The Hall–Kier alpha value is -9.76. The maximum Gasteiger partial charge on any atom is 0.411 e. The summed E-state index contributed by atoms with van der Waals surface area (Å²) in [4.78, 5) is 137. The van der Waals surface area contributed by atoms with Gasteiger partial charge in [-0.3, -0.25) is 49.0 Å². The summed E-state index contributed by atoms with van der Waals surface area (Å²) in [6, 6.07) is 16.6. The molecule has 4 aromatic rings. The van der Waals surface area contributed by atoms with Crippen LogP contribution in [0.3, 0.4) is 0 Å². The van der Waals surface area contributed by atoms with Crippen molar-refractivity contribution in [2.24, 2.45) is 23.7 Å². The second-order valence-corrected chi connectivity index (χ2v) is 26.5. The SMILES string of the molecule is C=CCOC(=O)C[C@H](C(=O)N[C@@H](C)C(=O)Cc1ccc(COC(=O)Nc2cc(OCCCOc3cc(NC(=O)OCc4ccc(CC(=O)[C@H](C)NC(=O)[C@@H](CC(=O)CCOCCOC)C(C)C)cc4)c(C(=O)N4CC(=C)CC4CO)cc3OC)c(C)cc2C(=O)N2CC(=C)CC2CO)cc1)C(C)C. The van der Waals surface area contributed by atoms with Crippen LogP contribution in [0.1, 0.15) is 129 Å². The molecule has 558 valence electrons. The van der Waals surface area contributed by atoms with E-state index < -0.39 is 71.9 Å². The van der Waals surface area contributed by atoms with Gasteiger partial charge in [0.25, 0.3) is 11.8 Å². The topological polar surface area (TPSA) is 340 Å². The molecule has 6 amide bonds. The van der Waals surface area contributed by atoms with Crippen LogP contribution < -0.4 is 35.5 Å². The van der Waals surface area contributed by atoms with Crippen molar-refractivity contribution >= 4 is 70.5 Å². The Morgan fingerprint density at radius 2 is 1.03 bits per heavy atom. The molecule has 2 aliphatic heterocycles. The number of likely N-dealkylation sites (tertiary alicyclic amines) is 2. The number of methoxy groups -OCH3 is 2. The number of hydrogen-bond acceptors (Lipinski definition) is 20. The molecule has 2 aliphatic rings. The van der Waals surface area contributed by atoms with Gasteiger partial charge in [0.15, 0.2) is 23.1 Å². The number of aliphatic hydroxyl groups is 2. The second kappa shape index (κ2) is 40.8. The highest BCUT2D eigenvalue weighted by atomic mass is 16.6. The van der Waals surface area contributed by atoms with E-state index >= 15 is 0 Å². The molecule has 0 aromatic heterocycles. The number of nitrogens with zero attached hydrogens (tertiary/aromatic N) is 2. The Bertz CT molecular complexity index is 3660. The van der Waals surface area contributed by atoms with Crippen molar-refractivity contribution in [3.05, 3.63) is 149 Å². The zero-order valence-electron chi connectivity index (χ0n) is 60.5. The molecule has 2 heterocycles. The zero-order chi connectivity index (χ0) is 75.4. The average molecular weight is 1430 g/mol. The number of benzene rings is 4. The summed E-state index contributed by atoms with van der Waals surface area (Å²) in [5.74, 6) is -4.15. The molecule has 0 bridgehead atoms. The number of carbonyl (C=O) groups excluding carboxylic acids is 10. The van der Waals surface area contributed by atoms with E-state index in [2.05, 4.69) is 41.0 Å². The van der Waals surface area contributed by atoms with E-state index in [9.17, 15) is 58.2 Å². The Kier molecular flexibility index (Phi) is 32.5. The summed E-state index contributed by atoms with van der Waals surface area (Å²) in [6.45, 7) is 24.1. The van der Waals surface area contributed by atoms with Gasteiger partial charge in [-0.05, 0) is 85.4 Å². The summed E-state index contributed by atoms with van der Waals surface area (Å²) < 4.78 is 44.8. The number of rotatable bonds is 41. The van der Waals surface area contributed by atoms with Crippen LogP contribution in [0, 0.1) is 30.6 Å². The Balaban J connectivity index is 1.08. The van der Waals surface area contributed by atoms with Crippen LogP contribution in [0.15, 0.2) is 110 Å². The maximum atomic E-state index is 14.3. The van der Waals surface area contributed by atoms with Crippen molar-refractivity contribution in [3.63, 3.8) is 0 Å². The molecule has 26 heteroatoms. The van der Waals surface area contributed by atoms with Gasteiger partial charge in [0.05, 0.1) is 112 Å². The van der Waals surface area contributed by atoms with E-state index in [1.807, 2.05) is 13.8 Å². The fraction of sp³-hybridized carbons (Fsp3) is 0.481. The van der Waals surface area contributed by atoms with Crippen molar-refractivity contribution in [2.75, 3.05) is 90.8 Å². The van der Waals surface area contributed by atoms with Gasteiger partial charge < -0.3 is 68.5 Å². The summed E-state index contributed by atoms with van der Waals surface area (Å²) in [7, 11) is 2.94. The second-order valence-electron chi connectivity index (χ2n) is 26.5. The monoisotopic (exact) mass is 1430 g/mol. The predicted molar refractivity (Wildman–Crippen MR) is 384 cm³/mol. The lowest BCUT2D eigenvalue weighted by Gasteiger charge is -2.25. The van der Waals surface area contributed by atoms with Crippen molar-refractivity contribution in [2.45, 2.75) is 137 Å². The standard InChI is InChI=1S/C77H100N6O20/c1-13-24-101-71(89)37-61(47(4)5)73(91)79-52(10)67(88)34-54-17-19-55(20-18-54)44-102-76(94)80-64-38-68(50(8)32-62(64)74(92)82-40-48(6)30-57(82)42-84)99-25-14-26-100-70-39-65(63(36-69(70)97-12)75(93)83-41-49(7)31-58(83)43-85)81-77(95)103-45-56-21-15-53(16-22-56)33-66(87)51(9)78-72(90)60(46(2)3)35-59(86)23-27-98-29-28-96-11/h13,15-22,32,36,38-39,46-47,51-52,57-58,60-61,84-85H,1,6-7,14,23-31,33-35,37,40-45H2,2-5,8-12H3,(H,78,90)(H,79,91)(H,80,94)(H,81,95)/t51-,52-,57?,58?,60-,61-/m0/s1. The van der Waals surface area contributed by atoms with Crippen LogP contribution >= 0.6 is 0 Å². The third-order valence-electron chi connectivity index (χ3n) is 17.7. The van der Waals surface area contributed by atoms with E-state index in [0.29, 0.717) is 59.6 Å². The number of hydrogen-bond donors (Lipinski definition) is 6. The molecule has 0 spiro atoms. The summed E-state index contributed by atoms with van der Waals surface area (Å²) in [5.41, 5.74) is 4.60. The first-order valence-corrected chi connectivity index (χ1v) is 34.5. The van der Waals surface area contributed by atoms with Crippen LogP contribution in [-0.2, 0) is 78.5 Å². The molecule has 0 saturated carbocycles. The lowest BCUT2D eigenvalue weighted by Crippen LogP contribution is -2.44. The van der Waals surface area contributed by atoms with E-state index in [0.717, 1.165) is 11.1 Å². The quantitative estimate of drug-likeness (QED) is 0.0105. The number of aliphatic hydroxyl groups excluding tert-OH is 2. The third kappa shape index (κ3) is 25.0. The molecule has 103 heavy (non-hydrogen) atoms. The van der Waals surface area contributed by atoms with Gasteiger partial charge in [0.2, 0.25) is 11.8 Å². The number of ketones is 3. The van der Waals surface area contributed by atoms with Gasteiger partial charge in [0.1, 0.15) is 31.4 Å². The minimum absolute atomic E-state index is 0.00428. The summed E-state index contributed by atoms with van der Waals surface area (Å²) >= 11 is 0. The molecule has 6 rings (SSSR count). The maximum absolute atomic E-state index is 14.3. The van der Waals surface area contributed by atoms with Gasteiger partial charge in [-0.25, -0.2) is 9.59 Å². The minimum atomic E-state index is -0.929. The van der Waals surface area contributed by atoms with E-state index in [1.54, 1.807) is 96.3 Å². The van der Waals surface area contributed by atoms with Gasteiger partial charge in [-0.1, -0.05) is 113 Å². The largest absolute Gasteiger partial charge is 0.493 e. The van der Waals surface area contributed by atoms with E-state index in [-0.39, 0.29) is 174 Å². The normalized spacial score (nSPS) is 15.3. The first kappa shape index (κ1) is 82.2. The molecular formula is C77H100N6O20. The number of Topliss-reactive ketones (excluding diaryl/α,β-unsaturated/α-hetero) is 3. The highest BCUT2D eigenvalue weighted by molar-refractivity contribution is 6.05. The summed E-state index contributed by atoms with van der Waals surface area (Å²) in [5, 5.41) is 31.3. The van der Waals surface area contributed by atoms with E-state index in [1.165, 1.54) is 41.2 Å².